The van der Waals surface area contributed by atoms with Crippen molar-refractivity contribution >= 4 is 34.9 Å². The minimum absolute atomic E-state index is 0.223. The van der Waals surface area contributed by atoms with Crippen LogP contribution in [0.15, 0.2) is 78.9 Å². The van der Waals surface area contributed by atoms with Crippen LogP contribution < -0.4 is 5.32 Å². The van der Waals surface area contributed by atoms with Crippen molar-refractivity contribution in [2.45, 2.75) is 13.0 Å². The number of ether oxygens (including phenoxy) is 1. The van der Waals surface area contributed by atoms with Crippen LogP contribution in [0, 0.1) is 0 Å². The van der Waals surface area contributed by atoms with Crippen LogP contribution in [-0.2, 0) is 9.53 Å². The van der Waals surface area contributed by atoms with Gasteiger partial charge in [0.2, 0.25) is 11.7 Å². The van der Waals surface area contributed by atoms with E-state index in [1.54, 1.807) is 66.7 Å². The number of ketones is 1. The van der Waals surface area contributed by atoms with Gasteiger partial charge in [-0.3, -0.25) is 9.59 Å². The Labute approximate surface area is 173 Å². The van der Waals surface area contributed by atoms with Crippen LogP contribution in [0.3, 0.4) is 0 Å². The Kier molecular flexibility index (Phi) is 6.42. The Hall–Kier alpha value is -3.44. The Balaban J connectivity index is 1.89. The molecule has 0 spiro atoms. The lowest BCUT2D eigenvalue weighted by Crippen LogP contribution is -2.20. The van der Waals surface area contributed by atoms with E-state index in [0.29, 0.717) is 21.8 Å². The van der Waals surface area contributed by atoms with Gasteiger partial charge in [-0.05, 0) is 42.5 Å². The molecule has 146 valence electrons. The molecule has 0 aromatic heterocycles. The van der Waals surface area contributed by atoms with Gasteiger partial charge in [-0.25, -0.2) is 4.79 Å². The number of hydrogen-bond acceptors (Lipinski definition) is 4. The molecule has 0 radical (unpaired) electrons. The largest absolute Gasteiger partial charge is 0.445 e. The van der Waals surface area contributed by atoms with E-state index in [9.17, 15) is 14.4 Å². The molecule has 6 heteroatoms. The SMILES string of the molecule is CC(=O)Nc1cccc(C(=O)O[C@@H](C(=O)c2ccc(Cl)cc2)c2ccccc2)c1. The highest BCUT2D eigenvalue weighted by Gasteiger charge is 2.26. The van der Waals surface area contributed by atoms with Crippen LogP contribution in [0.1, 0.15) is 39.3 Å². The predicted octanol–water partition coefficient (Wildman–Crippen LogP) is 5.08. The summed E-state index contributed by atoms with van der Waals surface area (Å²) in [5.41, 5.74) is 1.62. The summed E-state index contributed by atoms with van der Waals surface area (Å²) >= 11 is 5.90. The van der Waals surface area contributed by atoms with E-state index in [1.807, 2.05) is 6.07 Å². The molecule has 3 aromatic rings. The van der Waals surface area contributed by atoms with E-state index in [-0.39, 0.29) is 17.3 Å². The number of nitrogens with one attached hydrogen (secondary N) is 1. The number of esters is 1. The molecular weight excluding hydrogens is 390 g/mol. The van der Waals surface area contributed by atoms with Gasteiger partial charge in [0.15, 0.2) is 6.10 Å². The molecular formula is C23H18ClNO4. The highest BCUT2D eigenvalue weighted by Crippen LogP contribution is 2.25. The summed E-state index contributed by atoms with van der Waals surface area (Å²) < 4.78 is 5.59. The molecule has 0 aliphatic heterocycles. The molecule has 1 amide bonds. The first-order valence-corrected chi connectivity index (χ1v) is 9.25. The smallest absolute Gasteiger partial charge is 0.339 e. The van der Waals surface area contributed by atoms with Crippen molar-refractivity contribution in [3.63, 3.8) is 0 Å². The zero-order chi connectivity index (χ0) is 20.8. The summed E-state index contributed by atoms with van der Waals surface area (Å²) in [6, 6.07) is 21.5. The fraction of sp³-hybridized carbons (Fsp3) is 0.0870. The molecule has 29 heavy (non-hydrogen) atoms. The highest BCUT2D eigenvalue weighted by atomic mass is 35.5. The maximum absolute atomic E-state index is 13.1. The fourth-order valence-corrected chi connectivity index (χ4v) is 2.89. The van der Waals surface area contributed by atoms with E-state index >= 15 is 0 Å². The van der Waals surface area contributed by atoms with Crippen LogP contribution >= 0.6 is 11.6 Å². The van der Waals surface area contributed by atoms with Gasteiger partial charge in [-0.15, -0.1) is 0 Å². The molecule has 0 saturated heterocycles. The number of halogens is 1. The molecule has 0 heterocycles. The lowest BCUT2D eigenvalue weighted by atomic mass is 9.99. The van der Waals surface area contributed by atoms with Crippen molar-refractivity contribution in [1.29, 1.82) is 0 Å². The third-order valence-electron chi connectivity index (χ3n) is 4.11. The minimum Gasteiger partial charge on any atom is -0.445 e. The summed E-state index contributed by atoms with van der Waals surface area (Å²) in [5, 5.41) is 3.12. The topological polar surface area (TPSA) is 72.5 Å². The summed E-state index contributed by atoms with van der Waals surface area (Å²) in [6.07, 6.45) is -1.12. The quantitative estimate of drug-likeness (QED) is 0.457. The molecule has 1 N–H and O–H groups in total. The lowest BCUT2D eigenvalue weighted by Gasteiger charge is -2.18. The van der Waals surface area contributed by atoms with Crippen LogP contribution in [0.2, 0.25) is 5.02 Å². The van der Waals surface area contributed by atoms with Gasteiger partial charge in [0.25, 0.3) is 0 Å². The monoisotopic (exact) mass is 407 g/mol. The van der Waals surface area contributed by atoms with E-state index in [2.05, 4.69) is 5.32 Å². The van der Waals surface area contributed by atoms with Crippen molar-refractivity contribution in [2.24, 2.45) is 0 Å². The number of carbonyl (C=O) groups is 3. The molecule has 1 atom stereocenters. The number of rotatable bonds is 6. The molecule has 0 bridgehead atoms. The van der Waals surface area contributed by atoms with Gasteiger partial charge in [0.1, 0.15) is 0 Å². The second-order valence-corrected chi connectivity index (χ2v) is 6.77. The molecule has 3 aromatic carbocycles. The van der Waals surface area contributed by atoms with Gasteiger partial charge in [0, 0.05) is 28.8 Å². The highest BCUT2D eigenvalue weighted by molar-refractivity contribution is 6.30. The number of hydrogen-bond donors (Lipinski definition) is 1. The van der Waals surface area contributed by atoms with Crippen molar-refractivity contribution in [3.05, 3.63) is 101 Å². The molecule has 0 fully saturated rings. The average molecular weight is 408 g/mol. The van der Waals surface area contributed by atoms with Crippen LogP contribution in [0.4, 0.5) is 5.69 Å². The lowest BCUT2D eigenvalue weighted by molar-refractivity contribution is -0.114. The van der Waals surface area contributed by atoms with E-state index in [4.69, 9.17) is 16.3 Å². The van der Waals surface area contributed by atoms with Gasteiger partial charge >= 0.3 is 5.97 Å². The zero-order valence-corrected chi connectivity index (χ0v) is 16.3. The Bertz CT molecular complexity index is 1030. The van der Waals surface area contributed by atoms with Gasteiger partial charge in [-0.1, -0.05) is 48.0 Å². The van der Waals surface area contributed by atoms with Crippen LogP contribution in [0.5, 0.6) is 0 Å². The number of Topliss-reactive ketones (excluding diaryl/α,β-unsaturated/α-hetero) is 1. The number of anilines is 1. The maximum Gasteiger partial charge on any atom is 0.339 e. The van der Waals surface area contributed by atoms with E-state index in [1.165, 1.54) is 13.0 Å². The van der Waals surface area contributed by atoms with Gasteiger partial charge in [0.05, 0.1) is 5.56 Å². The maximum atomic E-state index is 13.1. The summed E-state index contributed by atoms with van der Waals surface area (Å²) in [4.78, 5) is 37.1. The summed E-state index contributed by atoms with van der Waals surface area (Å²) in [6.45, 7) is 1.38. The first kappa shape index (κ1) is 20.3. The van der Waals surface area contributed by atoms with Gasteiger partial charge < -0.3 is 10.1 Å². The van der Waals surface area contributed by atoms with Crippen molar-refractivity contribution < 1.29 is 19.1 Å². The van der Waals surface area contributed by atoms with Gasteiger partial charge in [-0.2, -0.15) is 0 Å². The summed E-state index contributed by atoms with van der Waals surface area (Å²) in [7, 11) is 0. The Morgan fingerprint density at radius 2 is 1.55 bits per heavy atom. The van der Waals surface area contributed by atoms with Crippen molar-refractivity contribution in [3.8, 4) is 0 Å². The molecule has 5 nitrogen and oxygen atoms in total. The molecule has 0 unspecified atom stereocenters. The first-order valence-electron chi connectivity index (χ1n) is 8.87. The zero-order valence-electron chi connectivity index (χ0n) is 15.6. The predicted molar refractivity (Wildman–Crippen MR) is 111 cm³/mol. The number of benzene rings is 3. The normalized spacial score (nSPS) is 11.4. The molecule has 3 rings (SSSR count). The molecule has 0 saturated carbocycles. The first-order chi connectivity index (χ1) is 13.9. The standard InChI is InChI=1S/C23H18ClNO4/c1-15(26)25-20-9-5-8-18(14-20)23(28)29-22(17-6-3-2-4-7-17)21(27)16-10-12-19(24)13-11-16/h2-14,22H,1H3,(H,25,26)/t22-/m1/s1. The van der Waals surface area contributed by atoms with Crippen LogP contribution in [-0.4, -0.2) is 17.7 Å². The third-order valence-corrected chi connectivity index (χ3v) is 4.36. The third kappa shape index (κ3) is 5.30. The second kappa shape index (κ2) is 9.17. The van der Waals surface area contributed by atoms with Crippen molar-refractivity contribution in [2.75, 3.05) is 5.32 Å². The second-order valence-electron chi connectivity index (χ2n) is 6.33. The average Bonchev–Trinajstić information content (AvgIpc) is 2.72. The number of carbonyl (C=O) groups excluding carboxylic acids is 3. The molecule has 0 aliphatic rings. The molecule has 0 aliphatic carbocycles. The van der Waals surface area contributed by atoms with E-state index < -0.39 is 12.1 Å². The van der Waals surface area contributed by atoms with E-state index in [0.717, 1.165) is 0 Å². The van der Waals surface area contributed by atoms with Crippen LogP contribution in [0.25, 0.3) is 0 Å². The summed E-state index contributed by atoms with van der Waals surface area (Å²) in [5.74, 6) is -1.29. The Morgan fingerprint density at radius 3 is 2.21 bits per heavy atom. The fourth-order valence-electron chi connectivity index (χ4n) is 2.77. The van der Waals surface area contributed by atoms with Crippen molar-refractivity contribution in [1.82, 2.24) is 0 Å². The Morgan fingerprint density at radius 1 is 0.862 bits per heavy atom. The minimum atomic E-state index is -1.12. The number of amides is 1.